The monoisotopic (exact) mass is 366 g/mol. The summed E-state index contributed by atoms with van der Waals surface area (Å²) in [5.41, 5.74) is 2.74. The highest BCUT2D eigenvalue weighted by Crippen LogP contribution is 2.18. The molecule has 3 aromatic rings. The minimum absolute atomic E-state index is 0.441. The third-order valence-corrected chi connectivity index (χ3v) is 4.03. The van der Waals surface area contributed by atoms with Crippen LogP contribution in [-0.4, -0.2) is 12.0 Å². The third kappa shape index (κ3) is 5.64. The molecule has 132 valence electrons. The van der Waals surface area contributed by atoms with Gasteiger partial charge in [-0.1, -0.05) is 54.6 Å². The number of hydrogen-bond acceptors (Lipinski definition) is 3. The van der Waals surface area contributed by atoms with Crippen molar-refractivity contribution in [2.24, 2.45) is 0 Å². The second-order valence-corrected chi connectivity index (χ2v) is 6.20. The van der Waals surface area contributed by atoms with E-state index in [9.17, 15) is 4.79 Å². The van der Waals surface area contributed by atoms with E-state index in [1.807, 2.05) is 42.5 Å². The minimum atomic E-state index is -0.833. The third-order valence-electron chi connectivity index (χ3n) is 3.96. The summed E-state index contributed by atoms with van der Waals surface area (Å²) in [7, 11) is 0. The van der Waals surface area contributed by atoms with Crippen molar-refractivity contribution in [3.8, 4) is 11.5 Å². The summed E-state index contributed by atoms with van der Waals surface area (Å²) in [6, 6.07) is 25.7. The van der Waals surface area contributed by atoms with E-state index in [1.54, 1.807) is 12.1 Å². The molecule has 0 N–H and O–H groups in total. The molecule has 3 rings (SSSR count). The van der Waals surface area contributed by atoms with Gasteiger partial charge in [0, 0.05) is 18.0 Å². The highest BCUT2D eigenvalue weighted by molar-refractivity contribution is 6.61. The Bertz CT molecular complexity index is 828. The second-order valence-electron chi connectivity index (χ2n) is 5.89. The lowest BCUT2D eigenvalue weighted by atomic mass is 10.0. The summed E-state index contributed by atoms with van der Waals surface area (Å²) in [6.45, 7) is 0.657. The van der Waals surface area contributed by atoms with Gasteiger partial charge in [-0.05, 0) is 47.4 Å². The molecule has 0 aliphatic rings. The van der Waals surface area contributed by atoms with Gasteiger partial charge in [0.25, 0.3) is 0 Å². The molecule has 3 nitrogen and oxygen atoms in total. The molecule has 3 aromatic carbocycles. The topological polar surface area (TPSA) is 35.5 Å². The van der Waals surface area contributed by atoms with Crippen molar-refractivity contribution >= 4 is 17.0 Å². The molecule has 0 fully saturated rings. The first-order valence-electron chi connectivity index (χ1n) is 8.41. The minimum Gasteiger partial charge on any atom is -0.493 e. The molecule has 26 heavy (non-hydrogen) atoms. The van der Waals surface area contributed by atoms with Gasteiger partial charge >= 0.3 is 5.43 Å². The van der Waals surface area contributed by atoms with Gasteiger partial charge in [-0.3, -0.25) is 0 Å². The molecule has 0 unspecified atom stereocenters. The molecule has 0 saturated carbocycles. The van der Waals surface area contributed by atoms with Crippen LogP contribution in [0.25, 0.3) is 0 Å². The van der Waals surface area contributed by atoms with Gasteiger partial charge in [0.2, 0.25) is 0 Å². The Kier molecular flexibility index (Phi) is 6.29. The quantitative estimate of drug-likeness (QED) is 0.508. The lowest BCUT2D eigenvalue weighted by Gasteiger charge is -2.08. The van der Waals surface area contributed by atoms with E-state index in [-0.39, 0.29) is 0 Å². The average Bonchev–Trinajstić information content (AvgIpc) is 2.65. The Morgan fingerprint density at radius 2 is 1.31 bits per heavy atom. The summed E-state index contributed by atoms with van der Waals surface area (Å²) in [4.78, 5) is 10.7. The van der Waals surface area contributed by atoms with Gasteiger partial charge in [0.15, 0.2) is 0 Å². The maximum absolute atomic E-state index is 10.7. The van der Waals surface area contributed by atoms with Crippen molar-refractivity contribution in [1.29, 1.82) is 0 Å². The van der Waals surface area contributed by atoms with E-state index in [1.165, 1.54) is 11.1 Å². The number of rotatable bonds is 7. The lowest BCUT2D eigenvalue weighted by molar-refractivity contribution is 0.225. The average molecular weight is 367 g/mol. The van der Waals surface area contributed by atoms with Crippen LogP contribution in [0, 0.1) is 0 Å². The van der Waals surface area contributed by atoms with E-state index in [0.717, 1.165) is 24.2 Å². The zero-order valence-electron chi connectivity index (χ0n) is 14.2. The van der Waals surface area contributed by atoms with Crippen molar-refractivity contribution in [2.45, 2.75) is 12.8 Å². The fourth-order valence-corrected chi connectivity index (χ4v) is 2.73. The van der Waals surface area contributed by atoms with Gasteiger partial charge in [-0.25, -0.2) is 4.79 Å². The van der Waals surface area contributed by atoms with Crippen molar-refractivity contribution < 1.29 is 14.3 Å². The van der Waals surface area contributed by atoms with Crippen molar-refractivity contribution in [3.05, 3.63) is 95.6 Å². The van der Waals surface area contributed by atoms with E-state index >= 15 is 0 Å². The Hall–Kier alpha value is -2.78. The van der Waals surface area contributed by atoms with E-state index in [4.69, 9.17) is 21.1 Å². The highest BCUT2D eigenvalue weighted by Gasteiger charge is 2.02. The smallest absolute Gasteiger partial charge is 0.409 e. The summed E-state index contributed by atoms with van der Waals surface area (Å²) in [6.07, 6.45) is 1.68. The SMILES string of the molecule is O=C(Cl)Oc1ccc(Cc2ccc(OCCc3ccccc3)cc2)cc1. The summed E-state index contributed by atoms with van der Waals surface area (Å²) < 4.78 is 10.6. The number of hydrogen-bond donors (Lipinski definition) is 0. The molecule has 0 amide bonds. The first-order valence-corrected chi connectivity index (χ1v) is 8.79. The van der Waals surface area contributed by atoms with E-state index < -0.39 is 5.43 Å². The molecule has 0 spiro atoms. The molecular weight excluding hydrogens is 348 g/mol. The Morgan fingerprint density at radius 3 is 1.88 bits per heavy atom. The van der Waals surface area contributed by atoms with Crippen molar-refractivity contribution in [2.75, 3.05) is 6.61 Å². The van der Waals surface area contributed by atoms with Crippen LogP contribution in [0.5, 0.6) is 11.5 Å². The number of carbonyl (C=O) groups is 1. The standard InChI is InChI=1S/C22H19ClO3/c23-22(24)26-21-12-8-19(9-13-21)16-18-6-10-20(11-7-18)25-15-14-17-4-2-1-3-5-17/h1-13H,14-16H2. The van der Waals surface area contributed by atoms with Crippen LogP contribution in [0.2, 0.25) is 0 Å². The van der Waals surface area contributed by atoms with E-state index in [0.29, 0.717) is 12.4 Å². The molecule has 0 bridgehead atoms. The lowest BCUT2D eigenvalue weighted by Crippen LogP contribution is -2.01. The summed E-state index contributed by atoms with van der Waals surface area (Å²) in [5.74, 6) is 1.31. The van der Waals surface area contributed by atoms with Crippen LogP contribution in [0.4, 0.5) is 4.79 Å². The van der Waals surface area contributed by atoms with Crippen molar-refractivity contribution in [3.63, 3.8) is 0 Å². The molecule has 0 aromatic heterocycles. The Morgan fingerprint density at radius 1 is 0.731 bits per heavy atom. The first kappa shape index (κ1) is 18.0. The molecule has 0 aliphatic carbocycles. The second kappa shape index (κ2) is 9.07. The van der Waals surface area contributed by atoms with Crippen LogP contribution in [0.1, 0.15) is 16.7 Å². The zero-order valence-corrected chi connectivity index (χ0v) is 15.0. The molecule has 0 radical (unpaired) electrons. The normalized spacial score (nSPS) is 10.3. The van der Waals surface area contributed by atoms with Gasteiger partial charge in [0.1, 0.15) is 11.5 Å². The zero-order chi connectivity index (χ0) is 18.2. The maximum Gasteiger partial charge on any atom is 0.409 e. The fraction of sp³-hybridized carbons (Fsp3) is 0.136. The maximum atomic E-state index is 10.7. The Balaban J connectivity index is 1.50. The van der Waals surface area contributed by atoms with Gasteiger partial charge in [-0.2, -0.15) is 0 Å². The number of carbonyl (C=O) groups excluding carboxylic acids is 1. The molecule has 0 aliphatic heterocycles. The predicted molar refractivity (Wildman–Crippen MR) is 103 cm³/mol. The summed E-state index contributed by atoms with van der Waals surface area (Å²) in [5, 5.41) is 0. The fourth-order valence-electron chi connectivity index (χ4n) is 2.64. The van der Waals surface area contributed by atoms with Gasteiger partial charge < -0.3 is 9.47 Å². The highest BCUT2D eigenvalue weighted by atomic mass is 35.5. The van der Waals surface area contributed by atoms with Crippen LogP contribution < -0.4 is 9.47 Å². The van der Waals surface area contributed by atoms with Crippen molar-refractivity contribution in [1.82, 2.24) is 0 Å². The number of benzene rings is 3. The molecular formula is C22H19ClO3. The molecule has 0 atom stereocenters. The Labute approximate surface area is 158 Å². The van der Waals surface area contributed by atoms with Gasteiger partial charge in [-0.15, -0.1) is 0 Å². The largest absolute Gasteiger partial charge is 0.493 e. The molecule has 0 saturated heterocycles. The van der Waals surface area contributed by atoms with Crippen LogP contribution in [-0.2, 0) is 12.8 Å². The number of ether oxygens (including phenoxy) is 2. The first-order chi connectivity index (χ1) is 12.7. The molecule has 0 heterocycles. The van der Waals surface area contributed by atoms with Crippen LogP contribution >= 0.6 is 11.6 Å². The van der Waals surface area contributed by atoms with Crippen LogP contribution in [0.3, 0.4) is 0 Å². The van der Waals surface area contributed by atoms with E-state index in [2.05, 4.69) is 24.3 Å². The predicted octanol–water partition coefficient (Wildman–Crippen LogP) is 5.64. The molecule has 4 heteroatoms. The summed E-state index contributed by atoms with van der Waals surface area (Å²) >= 11 is 5.19. The van der Waals surface area contributed by atoms with Gasteiger partial charge in [0.05, 0.1) is 6.61 Å². The number of halogens is 1. The van der Waals surface area contributed by atoms with Crippen LogP contribution in [0.15, 0.2) is 78.9 Å².